The number of hydrogen-bond acceptors (Lipinski definition) is 4. The average Bonchev–Trinajstić information content (AvgIpc) is 2.38. The molecule has 1 unspecified atom stereocenters. The fourth-order valence-electron chi connectivity index (χ4n) is 2.19. The third-order valence-corrected chi connectivity index (χ3v) is 3.72. The van der Waals surface area contributed by atoms with Crippen molar-refractivity contribution < 1.29 is 5.11 Å². The Labute approximate surface area is 123 Å². The summed E-state index contributed by atoms with van der Waals surface area (Å²) in [4.78, 5) is 6.53. The second-order valence-corrected chi connectivity index (χ2v) is 5.61. The molecule has 1 atom stereocenters. The van der Waals surface area contributed by atoms with Crippen molar-refractivity contribution in [2.75, 3.05) is 29.9 Å². The van der Waals surface area contributed by atoms with E-state index >= 15 is 0 Å². The van der Waals surface area contributed by atoms with Crippen LogP contribution in [0.4, 0.5) is 11.6 Å². The molecule has 2 N–H and O–H groups in total. The zero-order valence-electron chi connectivity index (χ0n) is 11.0. The summed E-state index contributed by atoms with van der Waals surface area (Å²) in [6, 6.07) is 1.71. The smallest absolute Gasteiger partial charge is 0.150 e. The summed E-state index contributed by atoms with van der Waals surface area (Å²) >= 11 is 12.3. The van der Waals surface area contributed by atoms with E-state index in [1.165, 1.54) is 0 Å². The van der Waals surface area contributed by atoms with Gasteiger partial charge in [-0.05, 0) is 25.3 Å². The van der Waals surface area contributed by atoms with Crippen LogP contribution < -0.4 is 10.2 Å². The lowest BCUT2D eigenvalue weighted by molar-refractivity contribution is 0.154. The Morgan fingerprint density at radius 3 is 2.95 bits per heavy atom. The summed E-state index contributed by atoms with van der Waals surface area (Å²) in [6.45, 7) is 4.33. The van der Waals surface area contributed by atoms with Crippen LogP contribution in [0.3, 0.4) is 0 Å². The van der Waals surface area contributed by atoms with Gasteiger partial charge in [0.25, 0.3) is 0 Å². The number of aliphatic hydroxyl groups excluding tert-OH is 1. The Kier molecular flexibility index (Phi) is 5.13. The topological polar surface area (TPSA) is 48.4 Å². The van der Waals surface area contributed by atoms with Crippen molar-refractivity contribution in [3.63, 3.8) is 0 Å². The lowest BCUT2D eigenvalue weighted by Gasteiger charge is -2.31. The zero-order valence-corrected chi connectivity index (χ0v) is 12.5. The van der Waals surface area contributed by atoms with E-state index in [2.05, 4.69) is 17.2 Å². The molecule has 1 fully saturated rings. The van der Waals surface area contributed by atoms with E-state index in [-0.39, 0.29) is 6.10 Å². The van der Waals surface area contributed by atoms with Crippen molar-refractivity contribution in [3.8, 4) is 0 Å². The van der Waals surface area contributed by atoms with Crippen molar-refractivity contribution in [2.45, 2.75) is 32.3 Å². The number of nitrogens with one attached hydrogen (secondary N) is 1. The SMILES string of the molecule is CCCNc1nc(N2CCCC(O)C2)c(Cl)cc1Cl. The molecule has 6 heteroatoms. The Morgan fingerprint density at radius 2 is 2.26 bits per heavy atom. The highest BCUT2D eigenvalue weighted by molar-refractivity contribution is 6.37. The van der Waals surface area contributed by atoms with Gasteiger partial charge in [0.1, 0.15) is 11.6 Å². The van der Waals surface area contributed by atoms with Gasteiger partial charge in [0.15, 0.2) is 0 Å². The van der Waals surface area contributed by atoms with E-state index in [0.717, 1.165) is 32.4 Å². The molecule has 0 radical (unpaired) electrons. The van der Waals surface area contributed by atoms with Gasteiger partial charge in [-0.15, -0.1) is 0 Å². The summed E-state index contributed by atoms with van der Waals surface area (Å²) < 4.78 is 0. The van der Waals surface area contributed by atoms with Gasteiger partial charge in [0.05, 0.1) is 16.1 Å². The van der Waals surface area contributed by atoms with Crippen LogP contribution in [0.5, 0.6) is 0 Å². The molecule has 19 heavy (non-hydrogen) atoms. The first kappa shape index (κ1) is 14.7. The second kappa shape index (κ2) is 6.64. The van der Waals surface area contributed by atoms with Gasteiger partial charge < -0.3 is 15.3 Å². The fourth-order valence-corrected chi connectivity index (χ4v) is 2.74. The van der Waals surface area contributed by atoms with Gasteiger partial charge >= 0.3 is 0 Å². The summed E-state index contributed by atoms with van der Waals surface area (Å²) in [5.41, 5.74) is 0. The van der Waals surface area contributed by atoms with E-state index in [9.17, 15) is 5.11 Å². The van der Waals surface area contributed by atoms with Crippen molar-refractivity contribution in [3.05, 3.63) is 16.1 Å². The normalized spacial score (nSPS) is 19.6. The Hall–Kier alpha value is -0.710. The van der Waals surface area contributed by atoms with Gasteiger partial charge in [0.2, 0.25) is 0 Å². The molecule has 106 valence electrons. The molecule has 0 bridgehead atoms. The average molecular weight is 304 g/mol. The largest absolute Gasteiger partial charge is 0.391 e. The molecular weight excluding hydrogens is 285 g/mol. The number of hydrogen-bond donors (Lipinski definition) is 2. The maximum absolute atomic E-state index is 9.74. The van der Waals surface area contributed by atoms with Gasteiger partial charge in [-0.2, -0.15) is 0 Å². The molecule has 1 aliphatic rings. The highest BCUT2D eigenvalue weighted by atomic mass is 35.5. The maximum atomic E-state index is 9.74. The number of aromatic nitrogens is 1. The van der Waals surface area contributed by atoms with Crippen LogP contribution in [0, 0.1) is 0 Å². The van der Waals surface area contributed by atoms with Crippen molar-refractivity contribution in [1.82, 2.24) is 4.98 Å². The van der Waals surface area contributed by atoms with Crippen molar-refractivity contribution in [2.24, 2.45) is 0 Å². The van der Waals surface area contributed by atoms with Gasteiger partial charge in [-0.1, -0.05) is 30.1 Å². The Balaban J connectivity index is 2.23. The first-order valence-corrected chi connectivity index (χ1v) is 7.40. The molecule has 0 spiro atoms. The monoisotopic (exact) mass is 303 g/mol. The van der Waals surface area contributed by atoms with Crippen LogP contribution in [-0.4, -0.2) is 35.8 Å². The molecule has 2 rings (SSSR count). The second-order valence-electron chi connectivity index (χ2n) is 4.79. The fraction of sp³-hybridized carbons (Fsp3) is 0.615. The van der Waals surface area contributed by atoms with Crippen molar-refractivity contribution in [1.29, 1.82) is 0 Å². The number of rotatable bonds is 4. The summed E-state index contributed by atoms with van der Waals surface area (Å²) in [6.07, 6.45) is 2.47. The third-order valence-electron chi connectivity index (χ3n) is 3.15. The van der Waals surface area contributed by atoms with E-state index in [0.29, 0.717) is 28.2 Å². The standard InChI is InChI=1S/C13H19Cl2N3O/c1-2-5-16-12-10(14)7-11(15)13(17-12)18-6-3-4-9(19)8-18/h7,9,19H,2-6,8H2,1H3,(H,16,17). The predicted octanol–water partition coefficient (Wildman–Crippen LogP) is 3.17. The number of β-amino-alcohol motifs (C(OH)–C–C–N with tert-alkyl or cyclic N) is 1. The molecule has 4 nitrogen and oxygen atoms in total. The molecule has 0 aromatic carbocycles. The molecular formula is C13H19Cl2N3O. The lowest BCUT2D eigenvalue weighted by Crippen LogP contribution is -2.39. The van der Waals surface area contributed by atoms with Crippen LogP contribution in [0.1, 0.15) is 26.2 Å². The Bertz CT molecular complexity index is 442. The highest BCUT2D eigenvalue weighted by Crippen LogP contribution is 2.32. The van der Waals surface area contributed by atoms with E-state index in [1.807, 2.05) is 4.90 Å². The van der Waals surface area contributed by atoms with Crippen LogP contribution in [0.25, 0.3) is 0 Å². The quantitative estimate of drug-likeness (QED) is 0.897. The van der Waals surface area contributed by atoms with E-state index < -0.39 is 0 Å². The minimum absolute atomic E-state index is 0.311. The maximum Gasteiger partial charge on any atom is 0.150 e. The zero-order chi connectivity index (χ0) is 13.8. The van der Waals surface area contributed by atoms with Gasteiger partial charge in [0, 0.05) is 19.6 Å². The van der Waals surface area contributed by atoms with Crippen LogP contribution in [0.15, 0.2) is 6.07 Å². The number of pyridine rings is 1. The van der Waals surface area contributed by atoms with E-state index in [1.54, 1.807) is 6.07 Å². The van der Waals surface area contributed by atoms with Gasteiger partial charge in [-0.25, -0.2) is 4.98 Å². The molecule has 0 aliphatic carbocycles. The van der Waals surface area contributed by atoms with Crippen LogP contribution >= 0.6 is 23.2 Å². The number of piperidine rings is 1. The summed E-state index contributed by atoms with van der Waals surface area (Å²) in [5, 5.41) is 14.0. The molecule has 1 aliphatic heterocycles. The third kappa shape index (κ3) is 3.65. The lowest BCUT2D eigenvalue weighted by atomic mass is 10.1. The highest BCUT2D eigenvalue weighted by Gasteiger charge is 2.22. The number of nitrogens with zero attached hydrogens (tertiary/aromatic N) is 2. The number of anilines is 2. The first-order chi connectivity index (χ1) is 9.11. The molecule has 1 aromatic rings. The number of halogens is 2. The predicted molar refractivity (Wildman–Crippen MR) is 80.5 cm³/mol. The summed E-state index contributed by atoms with van der Waals surface area (Å²) in [5.74, 6) is 1.35. The van der Waals surface area contributed by atoms with E-state index in [4.69, 9.17) is 23.2 Å². The van der Waals surface area contributed by atoms with Crippen LogP contribution in [0.2, 0.25) is 10.0 Å². The summed E-state index contributed by atoms with van der Waals surface area (Å²) in [7, 11) is 0. The molecule has 2 heterocycles. The Morgan fingerprint density at radius 1 is 1.47 bits per heavy atom. The molecule has 1 saturated heterocycles. The molecule has 0 saturated carbocycles. The van der Waals surface area contributed by atoms with Crippen molar-refractivity contribution >= 4 is 34.8 Å². The first-order valence-electron chi connectivity index (χ1n) is 6.64. The van der Waals surface area contributed by atoms with Gasteiger partial charge in [-0.3, -0.25) is 0 Å². The minimum Gasteiger partial charge on any atom is -0.391 e. The molecule has 1 aromatic heterocycles. The molecule has 0 amide bonds. The number of aliphatic hydroxyl groups is 1. The minimum atomic E-state index is -0.311. The van der Waals surface area contributed by atoms with Crippen LogP contribution in [-0.2, 0) is 0 Å².